The van der Waals surface area contributed by atoms with Gasteiger partial charge < -0.3 is 14.7 Å². The lowest BCUT2D eigenvalue weighted by Crippen LogP contribution is -2.30. The molecule has 5 nitrogen and oxygen atoms in total. The molecule has 0 unspecified atom stereocenters. The van der Waals surface area contributed by atoms with Crippen LogP contribution in [0.25, 0.3) is 0 Å². The van der Waals surface area contributed by atoms with Crippen LogP contribution in [0.3, 0.4) is 0 Å². The van der Waals surface area contributed by atoms with Crippen molar-refractivity contribution in [1.29, 1.82) is 0 Å². The molecule has 2 atom stereocenters. The molecule has 0 saturated carbocycles. The molecule has 0 bridgehead atoms. The Kier molecular flexibility index (Phi) is 5.22. The molecule has 2 aromatic rings. The normalized spacial score (nSPS) is 19.9. The van der Waals surface area contributed by atoms with Crippen molar-refractivity contribution >= 4 is 46.4 Å². The van der Waals surface area contributed by atoms with Gasteiger partial charge in [0.2, 0.25) is 0 Å². The number of amides is 1. The number of hydrogen-bond donors (Lipinski definition) is 1. The minimum Gasteiger partial charge on any atom is -0.507 e. The van der Waals surface area contributed by atoms with Crippen LogP contribution in [-0.4, -0.2) is 42.1 Å². The average Bonchev–Trinajstić information content (AvgIpc) is 3.22. The van der Waals surface area contributed by atoms with Gasteiger partial charge in [0.25, 0.3) is 5.91 Å². The van der Waals surface area contributed by atoms with E-state index in [-0.39, 0.29) is 39.8 Å². The number of ether oxygens (including phenoxy) is 1. The van der Waals surface area contributed by atoms with Gasteiger partial charge >= 0.3 is 5.97 Å². The topological polar surface area (TPSA) is 66.8 Å². The van der Waals surface area contributed by atoms with Crippen LogP contribution >= 0.6 is 34.5 Å². The summed E-state index contributed by atoms with van der Waals surface area (Å²) in [6.07, 6.45) is 0. The summed E-state index contributed by atoms with van der Waals surface area (Å²) in [6.45, 7) is 0.540. The number of likely N-dealkylation sites (tertiary alicyclic amines) is 1. The SMILES string of the molecule is COC(=O)[C@H]1CN(C(=O)c2c(O)cc(Cl)cc2Cl)C[C@H]1c1ccsc1. The fourth-order valence-corrected chi connectivity index (χ4v) is 4.40. The molecule has 132 valence electrons. The van der Waals surface area contributed by atoms with Crippen molar-refractivity contribution in [2.45, 2.75) is 5.92 Å². The Morgan fingerprint density at radius 1 is 1.32 bits per heavy atom. The van der Waals surface area contributed by atoms with E-state index in [9.17, 15) is 14.7 Å². The summed E-state index contributed by atoms with van der Waals surface area (Å²) in [5.74, 6) is -1.70. The van der Waals surface area contributed by atoms with E-state index in [4.69, 9.17) is 27.9 Å². The maximum Gasteiger partial charge on any atom is 0.311 e. The third kappa shape index (κ3) is 3.47. The number of halogens is 2. The highest BCUT2D eigenvalue weighted by atomic mass is 35.5. The molecule has 25 heavy (non-hydrogen) atoms. The number of benzene rings is 1. The van der Waals surface area contributed by atoms with Crippen LogP contribution in [0.1, 0.15) is 21.8 Å². The van der Waals surface area contributed by atoms with E-state index < -0.39 is 11.8 Å². The first-order valence-corrected chi connectivity index (χ1v) is 9.19. The highest BCUT2D eigenvalue weighted by Gasteiger charge is 2.42. The van der Waals surface area contributed by atoms with E-state index in [1.165, 1.54) is 35.5 Å². The molecule has 1 N–H and O–H groups in total. The van der Waals surface area contributed by atoms with Gasteiger partial charge in [-0.1, -0.05) is 23.2 Å². The Hall–Kier alpha value is -1.76. The van der Waals surface area contributed by atoms with Crippen molar-refractivity contribution in [3.8, 4) is 5.75 Å². The van der Waals surface area contributed by atoms with Crippen molar-refractivity contribution in [2.24, 2.45) is 5.92 Å². The Balaban J connectivity index is 1.91. The molecule has 3 rings (SSSR count). The third-order valence-electron chi connectivity index (χ3n) is 4.33. The highest BCUT2D eigenvalue weighted by molar-refractivity contribution is 7.08. The van der Waals surface area contributed by atoms with Gasteiger partial charge in [-0.25, -0.2) is 0 Å². The first-order chi connectivity index (χ1) is 11.9. The summed E-state index contributed by atoms with van der Waals surface area (Å²) in [5.41, 5.74) is 0.975. The quantitative estimate of drug-likeness (QED) is 0.797. The van der Waals surface area contributed by atoms with Gasteiger partial charge in [0.05, 0.1) is 23.6 Å². The second-order valence-electron chi connectivity index (χ2n) is 5.78. The number of methoxy groups -OCH3 is 1. The van der Waals surface area contributed by atoms with Gasteiger partial charge in [0.1, 0.15) is 5.75 Å². The second-order valence-corrected chi connectivity index (χ2v) is 7.41. The third-order valence-corrected chi connectivity index (χ3v) is 5.55. The lowest BCUT2D eigenvalue weighted by atomic mass is 9.91. The number of phenols is 1. The second kappa shape index (κ2) is 7.23. The summed E-state index contributed by atoms with van der Waals surface area (Å²) < 4.78 is 4.89. The maximum atomic E-state index is 12.9. The molecule has 0 radical (unpaired) electrons. The number of carbonyl (C=O) groups excluding carboxylic acids is 2. The molecule has 0 aliphatic carbocycles. The van der Waals surface area contributed by atoms with E-state index in [2.05, 4.69) is 0 Å². The molecule has 1 saturated heterocycles. The van der Waals surface area contributed by atoms with Crippen LogP contribution in [-0.2, 0) is 9.53 Å². The molecular weight excluding hydrogens is 385 g/mol. The largest absolute Gasteiger partial charge is 0.507 e. The van der Waals surface area contributed by atoms with Gasteiger partial charge in [-0.2, -0.15) is 11.3 Å². The summed E-state index contributed by atoms with van der Waals surface area (Å²) in [4.78, 5) is 26.5. The van der Waals surface area contributed by atoms with Gasteiger partial charge in [-0.3, -0.25) is 9.59 Å². The van der Waals surface area contributed by atoms with Crippen LogP contribution in [0.4, 0.5) is 0 Å². The number of thiophene rings is 1. The van der Waals surface area contributed by atoms with Gasteiger partial charge in [0.15, 0.2) is 0 Å². The summed E-state index contributed by atoms with van der Waals surface area (Å²) in [6, 6.07) is 4.61. The molecule has 8 heteroatoms. The van der Waals surface area contributed by atoms with E-state index in [0.29, 0.717) is 6.54 Å². The summed E-state index contributed by atoms with van der Waals surface area (Å²) >= 11 is 13.4. The lowest BCUT2D eigenvalue weighted by molar-refractivity contribution is -0.145. The zero-order valence-corrected chi connectivity index (χ0v) is 15.6. The Labute approximate surface area is 158 Å². The van der Waals surface area contributed by atoms with Gasteiger partial charge in [-0.05, 0) is 34.5 Å². The highest BCUT2D eigenvalue weighted by Crippen LogP contribution is 2.37. The molecule has 1 aromatic heterocycles. The fourth-order valence-electron chi connectivity index (χ4n) is 3.11. The van der Waals surface area contributed by atoms with Crippen molar-refractivity contribution in [3.05, 3.63) is 50.1 Å². The van der Waals surface area contributed by atoms with Crippen molar-refractivity contribution in [2.75, 3.05) is 20.2 Å². The molecule has 1 fully saturated rings. The molecular formula is C17H15Cl2NO4S. The zero-order valence-electron chi connectivity index (χ0n) is 13.2. The number of aromatic hydroxyl groups is 1. The van der Waals surface area contributed by atoms with E-state index in [1.807, 2.05) is 16.8 Å². The van der Waals surface area contributed by atoms with Crippen molar-refractivity contribution in [3.63, 3.8) is 0 Å². The minimum atomic E-state index is -0.461. The average molecular weight is 400 g/mol. The number of esters is 1. The molecule has 1 aliphatic heterocycles. The van der Waals surface area contributed by atoms with E-state index in [0.717, 1.165) is 5.56 Å². The standard InChI is InChI=1S/C17H15Cl2NO4S/c1-24-17(23)12-7-20(6-11(12)9-2-3-25-8-9)16(22)15-13(19)4-10(18)5-14(15)21/h2-5,8,11-12,21H,6-7H2,1H3/t11-,12-/m0/s1. The zero-order chi connectivity index (χ0) is 18.1. The van der Waals surface area contributed by atoms with Crippen LogP contribution < -0.4 is 0 Å². The lowest BCUT2D eigenvalue weighted by Gasteiger charge is -2.18. The van der Waals surface area contributed by atoms with Crippen molar-refractivity contribution < 1.29 is 19.4 Å². The maximum absolute atomic E-state index is 12.9. The van der Waals surface area contributed by atoms with Crippen molar-refractivity contribution in [1.82, 2.24) is 4.90 Å². The first-order valence-electron chi connectivity index (χ1n) is 7.49. The molecule has 1 amide bonds. The number of carbonyl (C=O) groups is 2. The summed E-state index contributed by atoms with van der Waals surface area (Å²) in [5, 5.41) is 14.3. The number of nitrogens with zero attached hydrogens (tertiary/aromatic N) is 1. The van der Waals surface area contributed by atoms with Crippen LogP contribution in [0.15, 0.2) is 29.0 Å². The Morgan fingerprint density at radius 2 is 2.08 bits per heavy atom. The smallest absolute Gasteiger partial charge is 0.311 e. The molecule has 1 aliphatic rings. The molecule has 0 spiro atoms. The van der Waals surface area contributed by atoms with E-state index >= 15 is 0 Å². The first kappa shape index (κ1) is 18.0. The van der Waals surface area contributed by atoms with E-state index in [1.54, 1.807) is 0 Å². The molecule has 1 aromatic carbocycles. The predicted molar refractivity (Wildman–Crippen MR) is 96.6 cm³/mol. The Morgan fingerprint density at radius 3 is 2.68 bits per heavy atom. The van der Waals surface area contributed by atoms with Crippen LogP contribution in [0.2, 0.25) is 10.0 Å². The Bertz CT molecular complexity index is 786. The fraction of sp³-hybridized carbons (Fsp3) is 0.294. The monoisotopic (exact) mass is 399 g/mol. The van der Waals surface area contributed by atoms with Gasteiger partial charge in [-0.15, -0.1) is 0 Å². The predicted octanol–water partition coefficient (Wildman–Crippen LogP) is 3.79. The molecule has 2 heterocycles. The minimum absolute atomic E-state index is 0.0133. The number of rotatable bonds is 3. The van der Waals surface area contributed by atoms with Crippen LogP contribution in [0, 0.1) is 5.92 Å². The van der Waals surface area contributed by atoms with Crippen LogP contribution in [0.5, 0.6) is 5.75 Å². The van der Waals surface area contributed by atoms with Gasteiger partial charge in [0, 0.05) is 24.0 Å². The number of phenolic OH excluding ortho intramolecular Hbond substituents is 1. The summed E-state index contributed by atoms with van der Waals surface area (Å²) in [7, 11) is 1.33. The number of hydrogen-bond acceptors (Lipinski definition) is 5.